The Morgan fingerprint density at radius 1 is 1.40 bits per heavy atom. The van der Waals surface area contributed by atoms with Crippen molar-refractivity contribution in [2.24, 2.45) is 0 Å². The van der Waals surface area contributed by atoms with Gasteiger partial charge < -0.3 is 15.0 Å². The van der Waals surface area contributed by atoms with Gasteiger partial charge in [0, 0.05) is 37.6 Å². The Kier molecular flexibility index (Phi) is 7.24. The molecule has 2 rings (SSSR count). The third-order valence-corrected chi connectivity index (χ3v) is 4.51. The topological polar surface area (TPSA) is 54.5 Å². The second-order valence-electron chi connectivity index (χ2n) is 8.06. The van der Waals surface area contributed by atoms with Crippen LogP contribution in [0.25, 0.3) is 0 Å². The molecular weight excluding hydrogens is 314 g/mol. The van der Waals surface area contributed by atoms with E-state index in [9.17, 15) is 4.79 Å². The first-order valence-electron chi connectivity index (χ1n) is 9.47. The van der Waals surface area contributed by atoms with E-state index >= 15 is 0 Å². The largest absolute Gasteiger partial charge is 0.444 e. The molecule has 1 aromatic heterocycles. The average Bonchev–Trinajstić information content (AvgIpc) is 2.78. The molecule has 1 aromatic rings. The van der Waals surface area contributed by atoms with Gasteiger partial charge in [0.1, 0.15) is 5.60 Å². The highest BCUT2D eigenvalue weighted by molar-refractivity contribution is 5.68. The molecule has 0 radical (unpaired) electrons. The van der Waals surface area contributed by atoms with Crippen molar-refractivity contribution >= 4 is 6.09 Å². The lowest BCUT2D eigenvalue weighted by Crippen LogP contribution is -2.45. The number of amides is 1. The van der Waals surface area contributed by atoms with Gasteiger partial charge in [0.05, 0.1) is 0 Å². The van der Waals surface area contributed by atoms with Gasteiger partial charge in [-0.25, -0.2) is 4.79 Å². The highest BCUT2D eigenvalue weighted by atomic mass is 16.6. The molecule has 0 aliphatic carbocycles. The quantitative estimate of drug-likeness (QED) is 0.870. The second kappa shape index (κ2) is 9.18. The molecule has 5 heteroatoms. The van der Waals surface area contributed by atoms with Crippen LogP contribution in [0.1, 0.15) is 65.4 Å². The van der Waals surface area contributed by atoms with Crippen LogP contribution in [-0.4, -0.2) is 40.2 Å². The van der Waals surface area contributed by atoms with Crippen LogP contribution in [0.3, 0.4) is 0 Å². The zero-order chi connectivity index (χ0) is 18.3. The van der Waals surface area contributed by atoms with Gasteiger partial charge in [-0.3, -0.25) is 4.98 Å². The van der Waals surface area contributed by atoms with Crippen molar-refractivity contribution in [3.63, 3.8) is 0 Å². The number of carbonyl (C=O) groups excluding carboxylic acids is 1. The highest BCUT2D eigenvalue weighted by Crippen LogP contribution is 2.23. The summed E-state index contributed by atoms with van der Waals surface area (Å²) in [6.45, 7) is 9.57. The monoisotopic (exact) mass is 347 g/mol. The number of ether oxygens (including phenoxy) is 1. The van der Waals surface area contributed by atoms with Gasteiger partial charge in [-0.15, -0.1) is 0 Å². The van der Waals surface area contributed by atoms with Gasteiger partial charge >= 0.3 is 6.09 Å². The van der Waals surface area contributed by atoms with Crippen molar-refractivity contribution in [2.75, 3.05) is 6.54 Å². The first-order chi connectivity index (χ1) is 11.8. The number of hydrogen-bond donors (Lipinski definition) is 1. The van der Waals surface area contributed by atoms with Gasteiger partial charge in [-0.05, 0) is 58.6 Å². The molecule has 140 valence electrons. The number of carbonyl (C=O) groups is 1. The molecule has 2 heterocycles. The van der Waals surface area contributed by atoms with Crippen molar-refractivity contribution in [3.05, 3.63) is 30.1 Å². The molecule has 2 unspecified atom stereocenters. The van der Waals surface area contributed by atoms with E-state index in [-0.39, 0.29) is 12.1 Å². The Bertz CT molecular complexity index is 527. The fourth-order valence-electron chi connectivity index (χ4n) is 3.27. The maximum atomic E-state index is 12.6. The molecule has 1 amide bonds. The first-order valence-corrected chi connectivity index (χ1v) is 9.47. The number of pyridine rings is 1. The van der Waals surface area contributed by atoms with Crippen LogP contribution >= 0.6 is 0 Å². The first kappa shape index (κ1) is 19.7. The second-order valence-corrected chi connectivity index (χ2v) is 8.06. The molecule has 0 bridgehead atoms. The third-order valence-electron chi connectivity index (χ3n) is 4.51. The van der Waals surface area contributed by atoms with Crippen molar-refractivity contribution in [1.82, 2.24) is 15.2 Å². The molecule has 1 fully saturated rings. The van der Waals surface area contributed by atoms with Gasteiger partial charge in [-0.2, -0.15) is 0 Å². The minimum absolute atomic E-state index is 0.168. The van der Waals surface area contributed by atoms with Crippen molar-refractivity contribution in [2.45, 2.75) is 84.0 Å². The summed E-state index contributed by atoms with van der Waals surface area (Å²) < 4.78 is 5.63. The number of hydrogen-bond acceptors (Lipinski definition) is 4. The third kappa shape index (κ3) is 7.02. The maximum Gasteiger partial charge on any atom is 0.410 e. The molecule has 2 atom stereocenters. The van der Waals surface area contributed by atoms with E-state index in [0.717, 1.165) is 32.4 Å². The van der Waals surface area contributed by atoms with Crippen LogP contribution in [0.2, 0.25) is 0 Å². The zero-order valence-electron chi connectivity index (χ0n) is 16.1. The van der Waals surface area contributed by atoms with E-state index in [2.05, 4.69) is 23.3 Å². The van der Waals surface area contributed by atoms with Gasteiger partial charge in [0.2, 0.25) is 0 Å². The Morgan fingerprint density at radius 2 is 2.20 bits per heavy atom. The molecule has 1 saturated heterocycles. The molecule has 0 aromatic carbocycles. The fraction of sp³-hybridized carbons (Fsp3) is 0.700. The van der Waals surface area contributed by atoms with Crippen LogP contribution in [0.15, 0.2) is 24.5 Å². The Balaban J connectivity index is 1.92. The highest BCUT2D eigenvalue weighted by Gasteiger charge is 2.30. The van der Waals surface area contributed by atoms with E-state index < -0.39 is 5.60 Å². The summed E-state index contributed by atoms with van der Waals surface area (Å²) in [5, 5.41) is 3.56. The molecule has 0 spiro atoms. The number of likely N-dealkylation sites (tertiary alicyclic amines) is 1. The number of aromatic nitrogens is 1. The molecule has 0 saturated carbocycles. The lowest BCUT2D eigenvalue weighted by molar-refractivity contribution is 0.0150. The van der Waals surface area contributed by atoms with Gasteiger partial charge in [-0.1, -0.05) is 18.9 Å². The standard InChI is InChI=1S/C20H33N3O2/c1-16(22-15-17-9-8-11-21-14-17)13-18-10-6-5-7-12-23(18)19(24)25-20(2,3)4/h8-9,11,14,16,18,22H,5-7,10,12-13,15H2,1-4H3. The molecule has 1 aliphatic heterocycles. The predicted octanol–water partition coefficient (Wildman–Crippen LogP) is 4.13. The Hall–Kier alpha value is -1.62. The summed E-state index contributed by atoms with van der Waals surface area (Å²) >= 11 is 0. The molecule has 25 heavy (non-hydrogen) atoms. The maximum absolute atomic E-state index is 12.6. The lowest BCUT2D eigenvalue weighted by atomic mass is 10.0. The van der Waals surface area contributed by atoms with Crippen LogP contribution in [0, 0.1) is 0 Å². The van der Waals surface area contributed by atoms with Crippen molar-refractivity contribution in [1.29, 1.82) is 0 Å². The molecule has 1 N–H and O–H groups in total. The van der Waals surface area contributed by atoms with Crippen LogP contribution < -0.4 is 5.32 Å². The Morgan fingerprint density at radius 3 is 2.88 bits per heavy atom. The predicted molar refractivity (Wildman–Crippen MR) is 100 cm³/mol. The van der Waals surface area contributed by atoms with Crippen molar-refractivity contribution in [3.8, 4) is 0 Å². The summed E-state index contributed by atoms with van der Waals surface area (Å²) in [4.78, 5) is 18.7. The number of rotatable bonds is 5. The van der Waals surface area contributed by atoms with Crippen LogP contribution in [-0.2, 0) is 11.3 Å². The summed E-state index contributed by atoms with van der Waals surface area (Å²) in [6, 6.07) is 4.60. The van der Waals surface area contributed by atoms with E-state index in [1.807, 2.05) is 37.9 Å². The van der Waals surface area contributed by atoms with E-state index in [4.69, 9.17) is 4.74 Å². The minimum atomic E-state index is -0.446. The molecule has 5 nitrogen and oxygen atoms in total. The smallest absolute Gasteiger partial charge is 0.410 e. The SMILES string of the molecule is CC(CC1CCCCCN1C(=O)OC(C)(C)C)NCc1cccnc1. The fourth-order valence-corrected chi connectivity index (χ4v) is 3.27. The molecule has 1 aliphatic rings. The zero-order valence-corrected chi connectivity index (χ0v) is 16.1. The number of nitrogens with one attached hydrogen (secondary N) is 1. The van der Waals surface area contributed by atoms with E-state index in [1.54, 1.807) is 6.20 Å². The van der Waals surface area contributed by atoms with E-state index in [0.29, 0.717) is 6.04 Å². The molecular formula is C20H33N3O2. The summed E-state index contributed by atoms with van der Waals surface area (Å²) in [7, 11) is 0. The Labute approximate surface area is 152 Å². The lowest BCUT2D eigenvalue weighted by Gasteiger charge is -2.33. The van der Waals surface area contributed by atoms with Crippen molar-refractivity contribution < 1.29 is 9.53 Å². The normalized spacial score (nSPS) is 20.0. The summed E-state index contributed by atoms with van der Waals surface area (Å²) in [5.41, 5.74) is 0.734. The van der Waals surface area contributed by atoms with Gasteiger partial charge in [0.25, 0.3) is 0 Å². The summed E-state index contributed by atoms with van der Waals surface area (Å²) in [5.74, 6) is 0. The van der Waals surface area contributed by atoms with Crippen LogP contribution in [0.4, 0.5) is 4.79 Å². The number of nitrogens with zero attached hydrogens (tertiary/aromatic N) is 2. The summed E-state index contributed by atoms with van der Waals surface area (Å²) in [6.07, 6.45) is 8.94. The average molecular weight is 348 g/mol. The van der Waals surface area contributed by atoms with E-state index in [1.165, 1.54) is 18.4 Å². The van der Waals surface area contributed by atoms with Gasteiger partial charge in [0.15, 0.2) is 0 Å². The minimum Gasteiger partial charge on any atom is -0.444 e. The van der Waals surface area contributed by atoms with Crippen LogP contribution in [0.5, 0.6) is 0 Å².